The minimum Gasteiger partial charge on any atom is -0.462 e. The third kappa shape index (κ3) is 1.79. The van der Waals surface area contributed by atoms with Crippen LogP contribution in [0.2, 0.25) is 0 Å². The van der Waals surface area contributed by atoms with Gasteiger partial charge in [0.15, 0.2) is 6.29 Å². The largest absolute Gasteiger partial charge is 0.462 e. The molecule has 4 heteroatoms. The Bertz CT molecular complexity index is 404. The summed E-state index contributed by atoms with van der Waals surface area (Å²) >= 11 is 0. The van der Waals surface area contributed by atoms with E-state index < -0.39 is 0 Å². The highest BCUT2D eigenvalue weighted by molar-refractivity contribution is 5.95. The summed E-state index contributed by atoms with van der Waals surface area (Å²) in [5.74, 6) is -0.365. The SMILES string of the molecule is CCOC(=O)c1c(C)c(C=O)n(C)c1C. The molecular weight excluding hydrogens is 194 g/mol. The maximum Gasteiger partial charge on any atom is 0.340 e. The number of esters is 1. The molecule has 0 spiro atoms. The maximum absolute atomic E-state index is 11.6. The Morgan fingerprint density at radius 3 is 2.47 bits per heavy atom. The summed E-state index contributed by atoms with van der Waals surface area (Å²) in [6.45, 7) is 5.64. The normalized spacial score (nSPS) is 10.1. The average Bonchev–Trinajstić information content (AvgIpc) is 2.39. The minimum atomic E-state index is -0.365. The van der Waals surface area contributed by atoms with Crippen molar-refractivity contribution in [1.29, 1.82) is 0 Å². The van der Waals surface area contributed by atoms with Gasteiger partial charge in [0.05, 0.1) is 17.9 Å². The number of nitrogens with zero attached hydrogens (tertiary/aromatic N) is 1. The summed E-state index contributed by atoms with van der Waals surface area (Å²) in [4.78, 5) is 22.4. The molecule has 0 radical (unpaired) electrons. The molecule has 1 aromatic rings. The average molecular weight is 209 g/mol. The van der Waals surface area contributed by atoms with Gasteiger partial charge in [0, 0.05) is 12.7 Å². The molecule has 15 heavy (non-hydrogen) atoms. The van der Waals surface area contributed by atoms with Gasteiger partial charge < -0.3 is 9.30 Å². The Morgan fingerprint density at radius 2 is 2.07 bits per heavy atom. The molecule has 0 aliphatic carbocycles. The lowest BCUT2D eigenvalue weighted by atomic mass is 10.1. The number of aromatic nitrogens is 1. The van der Waals surface area contributed by atoms with Crippen LogP contribution in [-0.2, 0) is 11.8 Å². The lowest BCUT2D eigenvalue weighted by Gasteiger charge is -2.02. The first-order valence-corrected chi connectivity index (χ1v) is 4.82. The third-order valence-electron chi connectivity index (χ3n) is 2.58. The standard InChI is InChI=1S/C11H15NO3/c1-5-15-11(14)10-7(2)9(6-13)12(4)8(10)3/h6H,5H2,1-4H3. The summed E-state index contributed by atoms with van der Waals surface area (Å²) in [7, 11) is 1.76. The number of carbonyl (C=O) groups excluding carboxylic acids is 2. The molecule has 0 saturated carbocycles. The van der Waals surface area contributed by atoms with Crippen molar-refractivity contribution in [3.8, 4) is 0 Å². The lowest BCUT2D eigenvalue weighted by Crippen LogP contribution is -2.07. The van der Waals surface area contributed by atoms with Gasteiger partial charge in [-0.3, -0.25) is 4.79 Å². The van der Waals surface area contributed by atoms with Crippen LogP contribution in [0.25, 0.3) is 0 Å². The van der Waals surface area contributed by atoms with E-state index in [2.05, 4.69) is 0 Å². The molecule has 0 fully saturated rings. The smallest absolute Gasteiger partial charge is 0.340 e. The van der Waals surface area contributed by atoms with E-state index >= 15 is 0 Å². The Balaban J connectivity index is 3.30. The molecule has 0 amide bonds. The van der Waals surface area contributed by atoms with Crippen molar-refractivity contribution >= 4 is 12.3 Å². The summed E-state index contributed by atoms with van der Waals surface area (Å²) < 4.78 is 6.64. The molecule has 0 atom stereocenters. The second-order valence-corrected chi connectivity index (χ2v) is 3.37. The van der Waals surface area contributed by atoms with Crippen molar-refractivity contribution in [2.45, 2.75) is 20.8 Å². The second kappa shape index (κ2) is 4.29. The fourth-order valence-corrected chi connectivity index (χ4v) is 1.67. The first kappa shape index (κ1) is 11.5. The molecule has 1 heterocycles. The van der Waals surface area contributed by atoms with E-state index in [1.165, 1.54) is 0 Å². The van der Waals surface area contributed by atoms with E-state index in [-0.39, 0.29) is 5.97 Å². The van der Waals surface area contributed by atoms with E-state index in [1.54, 1.807) is 32.4 Å². The molecule has 4 nitrogen and oxygen atoms in total. The van der Waals surface area contributed by atoms with Crippen LogP contribution in [0.5, 0.6) is 0 Å². The van der Waals surface area contributed by atoms with E-state index in [4.69, 9.17) is 4.74 Å². The van der Waals surface area contributed by atoms with Gasteiger partial charge in [0.2, 0.25) is 0 Å². The highest BCUT2D eigenvalue weighted by Crippen LogP contribution is 2.20. The summed E-state index contributed by atoms with van der Waals surface area (Å²) in [6.07, 6.45) is 0.755. The van der Waals surface area contributed by atoms with Crippen LogP contribution in [-0.4, -0.2) is 23.4 Å². The van der Waals surface area contributed by atoms with Crippen molar-refractivity contribution in [3.05, 3.63) is 22.5 Å². The van der Waals surface area contributed by atoms with Crippen molar-refractivity contribution in [2.75, 3.05) is 6.61 Å². The van der Waals surface area contributed by atoms with Crippen molar-refractivity contribution in [3.63, 3.8) is 0 Å². The number of rotatable bonds is 3. The zero-order valence-electron chi connectivity index (χ0n) is 9.46. The molecule has 0 bridgehead atoms. The fraction of sp³-hybridized carbons (Fsp3) is 0.455. The summed E-state index contributed by atoms with van der Waals surface area (Å²) in [5, 5.41) is 0. The Labute approximate surface area is 88.8 Å². The first-order chi connectivity index (χ1) is 7.04. The van der Waals surface area contributed by atoms with Gasteiger partial charge in [-0.1, -0.05) is 0 Å². The summed E-state index contributed by atoms with van der Waals surface area (Å²) in [6, 6.07) is 0. The van der Waals surface area contributed by atoms with Gasteiger partial charge in [-0.05, 0) is 26.3 Å². The molecular formula is C11H15NO3. The molecule has 0 N–H and O–H groups in total. The summed E-state index contributed by atoms with van der Waals surface area (Å²) in [5.41, 5.74) is 2.47. The second-order valence-electron chi connectivity index (χ2n) is 3.37. The number of carbonyl (C=O) groups is 2. The molecule has 1 aromatic heterocycles. The molecule has 0 saturated heterocycles. The third-order valence-corrected chi connectivity index (χ3v) is 2.58. The van der Waals surface area contributed by atoms with Crippen molar-refractivity contribution < 1.29 is 14.3 Å². The number of hydrogen-bond donors (Lipinski definition) is 0. The molecule has 0 unspecified atom stereocenters. The van der Waals surface area contributed by atoms with E-state index in [0.717, 1.165) is 12.0 Å². The zero-order valence-corrected chi connectivity index (χ0v) is 9.46. The zero-order chi connectivity index (χ0) is 11.6. The predicted octanol–water partition coefficient (Wildman–Crippen LogP) is 1.63. The van der Waals surface area contributed by atoms with Gasteiger partial charge in [0.1, 0.15) is 0 Å². The van der Waals surface area contributed by atoms with Gasteiger partial charge >= 0.3 is 5.97 Å². The van der Waals surface area contributed by atoms with Crippen LogP contribution in [0.15, 0.2) is 0 Å². The van der Waals surface area contributed by atoms with Gasteiger partial charge in [-0.15, -0.1) is 0 Å². The van der Waals surface area contributed by atoms with Crippen LogP contribution in [0, 0.1) is 13.8 Å². The van der Waals surface area contributed by atoms with Gasteiger partial charge in [0.25, 0.3) is 0 Å². The fourth-order valence-electron chi connectivity index (χ4n) is 1.67. The van der Waals surface area contributed by atoms with Crippen molar-refractivity contribution in [1.82, 2.24) is 4.57 Å². The minimum absolute atomic E-state index is 0.336. The molecule has 0 aliphatic heterocycles. The van der Waals surface area contributed by atoms with Crippen LogP contribution >= 0.6 is 0 Å². The molecule has 82 valence electrons. The quantitative estimate of drug-likeness (QED) is 0.561. The predicted molar refractivity (Wildman–Crippen MR) is 56.2 cm³/mol. The Kier molecular flexibility index (Phi) is 3.29. The van der Waals surface area contributed by atoms with Crippen molar-refractivity contribution in [2.24, 2.45) is 7.05 Å². The van der Waals surface area contributed by atoms with Crippen LogP contribution in [0.3, 0.4) is 0 Å². The van der Waals surface area contributed by atoms with Crippen LogP contribution in [0.4, 0.5) is 0 Å². The highest BCUT2D eigenvalue weighted by atomic mass is 16.5. The van der Waals surface area contributed by atoms with Gasteiger partial charge in [-0.25, -0.2) is 4.79 Å². The molecule has 1 rings (SSSR count). The number of hydrogen-bond acceptors (Lipinski definition) is 3. The van der Waals surface area contributed by atoms with E-state index in [9.17, 15) is 9.59 Å². The Morgan fingerprint density at radius 1 is 1.47 bits per heavy atom. The topological polar surface area (TPSA) is 48.3 Å². The lowest BCUT2D eigenvalue weighted by molar-refractivity contribution is 0.0524. The Hall–Kier alpha value is -1.58. The highest BCUT2D eigenvalue weighted by Gasteiger charge is 2.21. The maximum atomic E-state index is 11.6. The molecule has 0 aromatic carbocycles. The number of ether oxygens (including phenoxy) is 1. The van der Waals surface area contributed by atoms with Crippen LogP contribution < -0.4 is 0 Å². The van der Waals surface area contributed by atoms with Crippen LogP contribution in [0.1, 0.15) is 39.0 Å². The van der Waals surface area contributed by atoms with E-state index in [1.807, 2.05) is 0 Å². The first-order valence-electron chi connectivity index (χ1n) is 4.82. The van der Waals surface area contributed by atoms with E-state index in [0.29, 0.717) is 23.4 Å². The molecule has 0 aliphatic rings. The van der Waals surface area contributed by atoms with Gasteiger partial charge in [-0.2, -0.15) is 0 Å². The number of aldehydes is 1. The monoisotopic (exact) mass is 209 g/mol.